The summed E-state index contributed by atoms with van der Waals surface area (Å²) in [7, 11) is 0. The number of benzene rings is 2. The minimum Gasteiger partial charge on any atom is -0.370 e. The van der Waals surface area contributed by atoms with Crippen LogP contribution in [0.1, 0.15) is 22.7 Å². The van der Waals surface area contributed by atoms with Gasteiger partial charge in [0.2, 0.25) is 0 Å². The Morgan fingerprint density at radius 1 is 1.24 bits per heavy atom. The van der Waals surface area contributed by atoms with E-state index in [1.54, 1.807) is 0 Å². The molecule has 0 saturated heterocycles. The zero-order valence-corrected chi connectivity index (χ0v) is 13.5. The quantitative estimate of drug-likeness (QED) is 0.924. The van der Waals surface area contributed by atoms with Gasteiger partial charge in [0.1, 0.15) is 0 Å². The summed E-state index contributed by atoms with van der Waals surface area (Å²) in [6.07, 6.45) is 0. The molecule has 0 spiro atoms. The number of rotatable bonds is 3. The minimum absolute atomic E-state index is 0.221. The van der Waals surface area contributed by atoms with E-state index in [1.807, 2.05) is 6.07 Å². The summed E-state index contributed by atoms with van der Waals surface area (Å²) >= 11 is 3.52. The summed E-state index contributed by atoms with van der Waals surface area (Å²) in [5.74, 6) is 0.631. The number of halogens is 1. The maximum Gasteiger partial charge on any atom is 0.192 e. The fourth-order valence-corrected chi connectivity index (χ4v) is 3.26. The molecule has 1 heterocycles. The molecule has 3 rings (SSSR count). The van der Waals surface area contributed by atoms with Gasteiger partial charge in [0.25, 0.3) is 0 Å². The lowest BCUT2D eigenvalue weighted by molar-refractivity contribution is 0.339. The van der Waals surface area contributed by atoms with E-state index < -0.39 is 0 Å². The van der Waals surface area contributed by atoms with Crippen LogP contribution in [0, 0.1) is 6.92 Å². The lowest BCUT2D eigenvalue weighted by Gasteiger charge is -2.28. The second-order valence-corrected chi connectivity index (χ2v) is 6.24. The molecule has 2 aromatic carbocycles. The van der Waals surface area contributed by atoms with Crippen LogP contribution in [-0.2, 0) is 6.54 Å². The van der Waals surface area contributed by atoms with E-state index >= 15 is 0 Å². The highest BCUT2D eigenvalue weighted by Gasteiger charge is 2.28. The highest BCUT2D eigenvalue weighted by molar-refractivity contribution is 9.10. The largest absolute Gasteiger partial charge is 0.370 e. The monoisotopic (exact) mass is 343 g/mol. The van der Waals surface area contributed by atoms with Crippen LogP contribution < -0.4 is 5.73 Å². The molecule has 2 aromatic rings. The molecule has 3 nitrogen and oxygen atoms in total. The number of aryl methyl sites for hydroxylation is 1. The van der Waals surface area contributed by atoms with Crippen molar-refractivity contribution in [3.63, 3.8) is 0 Å². The van der Waals surface area contributed by atoms with Crippen LogP contribution in [0.25, 0.3) is 0 Å². The summed E-state index contributed by atoms with van der Waals surface area (Å²) in [6, 6.07) is 17.0. The Morgan fingerprint density at radius 2 is 2.00 bits per heavy atom. The van der Waals surface area contributed by atoms with Gasteiger partial charge in [0.15, 0.2) is 5.96 Å². The molecule has 1 aliphatic heterocycles. The maximum absolute atomic E-state index is 6.10. The SMILES string of the molecule is Cc1cc(Br)ccc1C1CN=C(N)N1Cc1ccccc1. The van der Waals surface area contributed by atoms with Crippen molar-refractivity contribution in [3.8, 4) is 0 Å². The van der Waals surface area contributed by atoms with E-state index in [9.17, 15) is 0 Å². The van der Waals surface area contributed by atoms with Crippen molar-refractivity contribution in [2.45, 2.75) is 19.5 Å². The van der Waals surface area contributed by atoms with Crippen LogP contribution in [0.3, 0.4) is 0 Å². The number of nitrogens with zero attached hydrogens (tertiary/aromatic N) is 2. The topological polar surface area (TPSA) is 41.6 Å². The lowest BCUT2D eigenvalue weighted by atomic mass is 10.0. The van der Waals surface area contributed by atoms with Crippen LogP contribution >= 0.6 is 15.9 Å². The molecule has 0 amide bonds. The number of guanidine groups is 1. The van der Waals surface area contributed by atoms with Gasteiger partial charge in [-0.15, -0.1) is 0 Å². The molecule has 0 saturated carbocycles. The molecule has 2 N–H and O–H groups in total. The van der Waals surface area contributed by atoms with Gasteiger partial charge in [0.05, 0.1) is 12.6 Å². The molecule has 0 aliphatic carbocycles. The van der Waals surface area contributed by atoms with E-state index in [0.717, 1.165) is 17.6 Å². The Bertz CT molecular complexity index is 667. The Labute approximate surface area is 133 Å². The highest BCUT2D eigenvalue weighted by Crippen LogP contribution is 2.30. The normalized spacial score (nSPS) is 17.9. The fraction of sp³-hybridized carbons (Fsp3) is 0.235. The Balaban J connectivity index is 1.88. The van der Waals surface area contributed by atoms with Gasteiger partial charge in [-0.1, -0.05) is 52.3 Å². The average Bonchev–Trinajstić information content (AvgIpc) is 2.82. The Hall–Kier alpha value is -1.81. The maximum atomic E-state index is 6.10. The predicted octanol–water partition coefficient (Wildman–Crippen LogP) is 3.63. The second-order valence-electron chi connectivity index (χ2n) is 5.33. The van der Waals surface area contributed by atoms with Crippen molar-refractivity contribution in [3.05, 3.63) is 69.7 Å². The highest BCUT2D eigenvalue weighted by atomic mass is 79.9. The van der Waals surface area contributed by atoms with Crippen LogP contribution in [0.5, 0.6) is 0 Å². The summed E-state index contributed by atoms with van der Waals surface area (Å²) in [4.78, 5) is 6.63. The third-order valence-electron chi connectivity index (χ3n) is 3.88. The zero-order valence-electron chi connectivity index (χ0n) is 12.0. The van der Waals surface area contributed by atoms with Crippen LogP contribution in [0.2, 0.25) is 0 Å². The molecule has 0 radical (unpaired) electrons. The first-order chi connectivity index (χ1) is 10.1. The van der Waals surface area contributed by atoms with E-state index in [1.165, 1.54) is 16.7 Å². The molecule has 108 valence electrons. The van der Waals surface area contributed by atoms with Crippen molar-refractivity contribution >= 4 is 21.9 Å². The molecule has 4 heteroatoms. The number of nitrogens with two attached hydrogens (primary N) is 1. The number of hydrogen-bond donors (Lipinski definition) is 1. The first kappa shape index (κ1) is 14.1. The molecule has 0 bridgehead atoms. The van der Waals surface area contributed by atoms with Gasteiger partial charge in [-0.2, -0.15) is 0 Å². The van der Waals surface area contributed by atoms with Gasteiger partial charge in [-0.25, -0.2) is 0 Å². The standard InChI is InChI=1S/C17H18BrN3/c1-12-9-14(18)7-8-15(12)16-10-20-17(19)21(16)11-13-5-3-2-4-6-13/h2-9,16H,10-11H2,1H3,(H2,19,20). The molecule has 1 unspecified atom stereocenters. The van der Waals surface area contributed by atoms with Gasteiger partial charge < -0.3 is 10.6 Å². The van der Waals surface area contributed by atoms with Crippen molar-refractivity contribution in [1.29, 1.82) is 0 Å². The van der Waals surface area contributed by atoms with E-state index in [4.69, 9.17) is 5.73 Å². The third kappa shape index (κ3) is 2.95. The second kappa shape index (κ2) is 5.90. The minimum atomic E-state index is 0.221. The van der Waals surface area contributed by atoms with E-state index in [-0.39, 0.29) is 6.04 Å². The summed E-state index contributed by atoms with van der Waals surface area (Å²) in [6.45, 7) is 3.65. The van der Waals surface area contributed by atoms with Crippen molar-refractivity contribution in [2.75, 3.05) is 6.54 Å². The van der Waals surface area contributed by atoms with Crippen molar-refractivity contribution in [2.24, 2.45) is 10.7 Å². The van der Waals surface area contributed by atoms with Crippen molar-refractivity contribution < 1.29 is 0 Å². The lowest BCUT2D eigenvalue weighted by Crippen LogP contribution is -2.35. The summed E-state index contributed by atoms with van der Waals surface area (Å²) in [5.41, 5.74) is 9.90. The summed E-state index contributed by atoms with van der Waals surface area (Å²) in [5, 5.41) is 0. The predicted molar refractivity (Wildman–Crippen MR) is 90.1 cm³/mol. The first-order valence-electron chi connectivity index (χ1n) is 7.01. The van der Waals surface area contributed by atoms with E-state index in [0.29, 0.717) is 5.96 Å². The molecule has 21 heavy (non-hydrogen) atoms. The molecule has 0 aromatic heterocycles. The number of hydrogen-bond acceptors (Lipinski definition) is 3. The number of aliphatic imine (C=N–C) groups is 1. The van der Waals surface area contributed by atoms with Crippen LogP contribution in [-0.4, -0.2) is 17.4 Å². The van der Waals surface area contributed by atoms with Crippen LogP contribution in [0.15, 0.2) is 58.0 Å². The van der Waals surface area contributed by atoms with Crippen molar-refractivity contribution in [1.82, 2.24) is 4.90 Å². The Morgan fingerprint density at radius 3 is 2.71 bits per heavy atom. The Kier molecular flexibility index (Phi) is 3.97. The van der Waals surface area contributed by atoms with Crippen LogP contribution in [0.4, 0.5) is 0 Å². The smallest absolute Gasteiger partial charge is 0.192 e. The molecule has 1 aliphatic rings. The average molecular weight is 344 g/mol. The molecule has 0 fully saturated rings. The first-order valence-corrected chi connectivity index (χ1v) is 7.81. The molecular weight excluding hydrogens is 326 g/mol. The summed E-state index contributed by atoms with van der Waals surface area (Å²) < 4.78 is 1.10. The van der Waals surface area contributed by atoms with E-state index in [2.05, 4.69) is 75.2 Å². The van der Waals surface area contributed by atoms with Gasteiger partial charge in [-0.05, 0) is 35.7 Å². The fourth-order valence-electron chi connectivity index (χ4n) is 2.78. The zero-order chi connectivity index (χ0) is 14.8. The molecular formula is C17H18BrN3. The van der Waals surface area contributed by atoms with Gasteiger partial charge >= 0.3 is 0 Å². The third-order valence-corrected chi connectivity index (χ3v) is 4.38. The van der Waals surface area contributed by atoms with Gasteiger partial charge in [0, 0.05) is 11.0 Å². The molecule has 1 atom stereocenters. The van der Waals surface area contributed by atoms with Gasteiger partial charge in [-0.3, -0.25) is 4.99 Å².